The fourth-order valence-electron chi connectivity index (χ4n) is 2.73. The Balaban J connectivity index is 1.72. The molecule has 0 amide bonds. The molecule has 0 spiro atoms. The second kappa shape index (κ2) is 7.98. The summed E-state index contributed by atoms with van der Waals surface area (Å²) < 4.78 is 5.30. The maximum absolute atomic E-state index is 5.30. The van der Waals surface area contributed by atoms with E-state index in [-0.39, 0.29) is 0 Å². The summed E-state index contributed by atoms with van der Waals surface area (Å²) in [6.07, 6.45) is 0. The number of hydrogen-bond donors (Lipinski definition) is 2. The molecule has 3 rings (SSSR count). The van der Waals surface area contributed by atoms with Gasteiger partial charge in [-0.15, -0.1) is 0 Å². The molecule has 1 saturated heterocycles. The molecular formula is C17H22N6OS. The number of nitrogens with one attached hydrogen (secondary N) is 2. The highest BCUT2D eigenvalue weighted by Gasteiger charge is 2.20. The highest BCUT2D eigenvalue weighted by Crippen LogP contribution is 2.22. The third-order valence-corrected chi connectivity index (χ3v) is 4.38. The van der Waals surface area contributed by atoms with Gasteiger partial charge in [0.05, 0.1) is 7.11 Å². The van der Waals surface area contributed by atoms with Crippen LogP contribution in [0.5, 0.6) is 5.88 Å². The fraction of sp³-hybridized carbons (Fsp3) is 0.353. The van der Waals surface area contributed by atoms with Crippen LogP contribution in [0.4, 0.5) is 17.5 Å². The molecule has 2 aromatic rings. The first-order chi connectivity index (χ1) is 12.2. The molecule has 1 fully saturated rings. The quantitative estimate of drug-likeness (QED) is 0.801. The van der Waals surface area contributed by atoms with Crippen molar-refractivity contribution in [3.05, 3.63) is 36.4 Å². The van der Waals surface area contributed by atoms with Crippen LogP contribution in [0, 0.1) is 0 Å². The van der Waals surface area contributed by atoms with Gasteiger partial charge in [0.2, 0.25) is 11.8 Å². The number of ether oxygens (including phenoxy) is 1. The first kappa shape index (κ1) is 17.2. The number of para-hydroxylation sites is 1. The van der Waals surface area contributed by atoms with Gasteiger partial charge >= 0.3 is 0 Å². The number of nitrogens with zero attached hydrogens (tertiary/aromatic N) is 4. The van der Waals surface area contributed by atoms with Gasteiger partial charge in [-0.05, 0) is 24.4 Å². The monoisotopic (exact) mass is 358 g/mol. The number of aromatic nitrogens is 2. The van der Waals surface area contributed by atoms with Crippen molar-refractivity contribution >= 4 is 34.8 Å². The van der Waals surface area contributed by atoms with Crippen LogP contribution in [0.2, 0.25) is 0 Å². The predicted molar refractivity (Wildman–Crippen MR) is 105 cm³/mol. The highest BCUT2D eigenvalue weighted by molar-refractivity contribution is 7.80. The Hall–Kier alpha value is -2.61. The van der Waals surface area contributed by atoms with Crippen LogP contribution in [-0.4, -0.2) is 55.4 Å². The van der Waals surface area contributed by atoms with E-state index in [1.54, 1.807) is 14.2 Å². The SMILES string of the molecule is CNC(=S)Nc1nc(OC)cc(N2CCN(c3ccccc3)CC2)n1. The summed E-state index contributed by atoms with van der Waals surface area (Å²) in [5.74, 6) is 1.78. The van der Waals surface area contributed by atoms with Gasteiger partial charge in [-0.25, -0.2) is 0 Å². The molecule has 0 radical (unpaired) electrons. The highest BCUT2D eigenvalue weighted by atomic mass is 32.1. The maximum Gasteiger partial charge on any atom is 0.234 e. The molecular weight excluding hydrogens is 336 g/mol. The van der Waals surface area contributed by atoms with Crippen molar-refractivity contribution in [2.75, 3.05) is 55.5 Å². The smallest absolute Gasteiger partial charge is 0.234 e. The Morgan fingerprint density at radius 1 is 1.08 bits per heavy atom. The number of hydrogen-bond acceptors (Lipinski definition) is 6. The van der Waals surface area contributed by atoms with E-state index in [1.165, 1.54) is 5.69 Å². The number of thiocarbonyl (C=S) groups is 1. The molecule has 0 unspecified atom stereocenters. The minimum atomic E-state index is 0.430. The minimum absolute atomic E-state index is 0.430. The van der Waals surface area contributed by atoms with Gasteiger partial charge in [-0.3, -0.25) is 0 Å². The molecule has 2 N–H and O–H groups in total. The number of benzene rings is 1. The van der Waals surface area contributed by atoms with Gasteiger partial charge in [0.25, 0.3) is 0 Å². The Bertz CT molecular complexity index is 718. The predicted octanol–water partition coefficient (Wildman–Crippen LogP) is 1.73. The molecule has 132 valence electrons. The molecule has 2 heterocycles. The van der Waals surface area contributed by atoms with Gasteiger partial charge < -0.3 is 25.2 Å². The largest absolute Gasteiger partial charge is 0.481 e. The van der Waals surface area contributed by atoms with Crippen LogP contribution in [0.15, 0.2) is 36.4 Å². The van der Waals surface area contributed by atoms with Crippen molar-refractivity contribution in [3.8, 4) is 5.88 Å². The first-order valence-electron chi connectivity index (χ1n) is 8.16. The number of methoxy groups -OCH3 is 1. The van der Waals surface area contributed by atoms with Crippen LogP contribution < -0.4 is 25.2 Å². The lowest BCUT2D eigenvalue weighted by atomic mass is 10.2. The molecule has 7 nitrogen and oxygen atoms in total. The van der Waals surface area contributed by atoms with Gasteiger partial charge in [0.1, 0.15) is 5.82 Å². The molecule has 1 aromatic carbocycles. The number of piperazine rings is 1. The topological polar surface area (TPSA) is 65.6 Å². The van der Waals surface area contributed by atoms with E-state index in [4.69, 9.17) is 17.0 Å². The Morgan fingerprint density at radius 2 is 1.76 bits per heavy atom. The number of anilines is 3. The minimum Gasteiger partial charge on any atom is -0.481 e. The van der Waals surface area contributed by atoms with Crippen LogP contribution in [0.3, 0.4) is 0 Å². The summed E-state index contributed by atoms with van der Waals surface area (Å²) in [6.45, 7) is 3.64. The van der Waals surface area contributed by atoms with E-state index in [9.17, 15) is 0 Å². The van der Waals surface area contributed by atoms with Crippen molar-refractivity contribution < 1.29 is 4.74 Å². The fourth-order valence-corrected chi connectivity index (χ4v) is 2.82. The lowest BCUT2D eigenvalue weighted by Crippen LogP contribution is -2.46. The molecule has 25 heavy (non-hydrogen) atoms. The summed E-state index contributed by atoms with van der Waals surface area (Å²) in [7, 11) is 3.35. The molecule has 0 bridgehead atoms. The van der Waals surface area contributed by atoms with Gasteiger partial charge in [0.15, 0.2) is 5.11 Å². The lowest BCUT2D eigenvalue weighted by Gasteiger charge is -2.36. The summed E-state index contributed by atoms with van der Waals surface area (Å²) in [5.41, 5.74) is 1.25. The molecule has 1 aliphatic rings. The van der Waals surface area contributed by atoms with Crippen molar-refractivity contribution in [1.29, 1.82) is 0 Å². The average molecular weight is 358 g/mol. The third kappa shape index (κ3) is 4.27. The lowest BCUT2D eigenvalue weighted by molar-refractivity contribution is 0.397. The van der Waals surface area contributed by atoms with Gasteiger partial charge in [-0.1, -0.05) is 18.2 Å². The van der Waals surface area contributed by atoms with Gasteiger partial charge in [-0.2, -0.15) is 9.97 Å². The van der Waals surface area contributed by atoms with Crippen molar-refractivity contribution in [2.24, 2.45) is 0 Å². The average Bonchev–Trinajstić information content (AvgIpc) is 2.68. The zero-order valence-electron chi connectivity index (χ0n) is 14.4. The Kier molecular flexibility index (Phi) is 5.49. The van der Waals surface area contributed by atoms with E-state index in [1.807, 2.05) is 12.1 Å². The first-order valence-corrected chi connectivity index (χ1v) is 8.57. The summed E-state index contributed by atoms with van der Waals surface area (Å²) in [6, 6.07) is 12.3. The summed E-state index contributed by atoms with van der Waals surface area (Å²) in [4.78, 5) is 13.5. The molecule has 1 aliphatic heterocycles. The molecule has 0 atom stereocenters. The van der Waals surface area contributed by atoms with Crippen LogP contribution in [-0.2, 0) is 0 Å². The summed E-state index contributed by atoms with van der Waals surface area (Å²) >= 11 is 5.12. The molecule has 0 aliphatic carbocycles. The Labute approximate surface area is 153 Å². The second-order valence-electron chi connectivity index (χ2n) is 5.61. The second-order valence-corrected chi connectivity index (χ2v) is 6.01. The van der Waals surface area contributed by atoms with E-state index in [2.05, 4.69) is 54.7 Å². The standard InChI is InChI=1S/C17H22N6OS/c1-18-17(25)21-16-19-14(12-15(20-16)24-2)23-10-8-22(9-11-23)13-6-4-3-5-7-13/h3-7,12H,8-11H2,1-2H3,(H2,18,19,20,21,25). The van der Waals surface area contributed by atoms with E-state index < -0.39 is 0 Å². The van der Waals surface area contributed by atoms with Crippen LogP contribution >= 0.6 is 12.2 Å². The summed E-state index contributed by atoms with van der Waals surface area (Å²) in [5, 5.41) is 6.28. The molecule has 8 heteroatoms. The van der Waals surface area contributed by atoms with E-state index >= 15 is 0 Å². The van der Waals surface area contributed by atoms with Crippen molar-refractivity contribution in [1.82, 2.24) is 15.3 Å². The van der Waals surface area contributed by atoms with Crippen molar-refractivity contribution in [3.63, 3.8) is 0 Å². The zero-order valence-corrected chi connectivity index (χ0v) is 15.2. The normalized spacial score (nSPS) is 14.2. The van der Waals surface area contributed by atoms with Crippen LogP contribution in [0.25, 0.3) is 0 Å². The maximum atomic E-state index is 5.30. The zero-order chi connectivity index (χ0) is 17.6. The van der Waals surface area contributed by atoms with E-state index in [0.717, 1.165) is 32.0 Å². The van der Waals surface area contributed by atoms with Gasteiger partial charge in [0, 0.05) is 45.0 Å². The van der Waals surface area contributed by atoms with E-state index in [0.29, 0.717) is 16.9 Å². The third-order valence-electron chi connectivity index (χ3n) is 4.08. The molecule has 0 saturated carbocycles. The Morgan fingerprint density at radius 3 is 2.40 bits per heavy atom. The van der Waals surface area contributed by atoms with Crippen molar-refractivity contribution in [2.45, 2.75) is 0 Å². The van der Waals surface area contributed by atoms with Crippen LogP contribution in [0.1, 0.15) is 0 Å². The number of rotatable bonds is 4. The molecule has 1 aromatic heterocycles.